The lowest BCUT2D eigenvalue weighted by Crippen LogP contribution is -2.28. The Morgan fingerprint density at radius 2 is 1.92 bits per heavy atom. The van der Waals surface area contributed by atoms with Crippen LogP contribution in [0, 0.1) is 11.8 Å². The Kier molecular flexibility index (Phi) is 5.40. The molecule has 0 bridgehead atoms. The number of carboxylic acids is 1. The summed E-state index contributed by atoms with van der Waals surface area (Å²) in [5.74, 6) is 0.698. The van der Waals surface area contributed by atoms with Crippen LogP contribution in [0.2, 0.25) is 0 Å². The lowest BCUT2D eigenvalue weighted by atomic mass is 9.75. The quantitative estimate of drug-likeness (QED) is 0.766. The number of nitrogens with one attached hydrogen (secondary N) is 1. The van der Waals surface area contributed by atoms with Gasteiger partial charge in [0.05, 0.1) is 0 Å². The van der Waals surface area contributed by atoms with Crippen LogP contribution in [0.1, 0.15) is 79.9 Å². The molecule has 2 aliphatic rings. The van der Waals surface area contributed by atoms with Gasteiger partial charge in [0.1, 0.15) is 4.88 Å². The van der Waals surface area contributed by atoms with Crippen LogP contribution in [0.4, 0.5) is 0 Å². The Hall–Kier alpha value is -1.13. The minimum absolute atomic E-state index is 0.0177. The zero-order valence-electron chi connectivity index (χ0n) is 15.9. The Morgan fingerprint density at radius 3 is 2.52 bits per heavy atom. The van der Waals surface area contributed by atoms with Crippen LogP contribution in [0.25, 0.3) is 5.57 Å². The van der Waals surface area contributed by atoms with Crippen LogP contribution < -0.4 is 5.32 Å². The second kappa shape index (κ2) is 7.24. The molecule has 3 nitrogen and oxygen atoms in total. The Balaban J connectivity index is 2.05. The normalized spacial score (nSPS) is 25.3. The second-order valence-electron chi connectivity index (χ2n) is 8.80. The summed E-state index contributed by atoms with van der Waals surface area (Å²) < 4.78 is 0. The largest absolute Gasteiger partial charge is 0.477 e. The molecule has 2 heterocycles. The van der Waals surface area contributed by atoms with Gasteiger partial charge in [0.25, 0.3) is 0 Å². The molecule has 3 rings (SSSR count). The van der Waals surface area contributed by atoms with Crippen molar-refractivity contribution in [3.8, 4) is 0 Å². The smallest absolute Gasteiger partial charge is 0.346 e. The molecule has 0 amide bonds. The van der Waals surface area contributed by atoms with Crippen LogP contribution in [0.15, 0.2) is 11.6 Å². The first-order valence-electron chi connectivity index (χ1n) is 9.58. The SMILES string of the molecule is CC1CCC(C2=C(c3cc(C(C)(C)C)sc3C(=O)O)CNCC2)CC1. The third kappa shape index (κ3) is 4.01. The molecule has 1 saturated carbocycles. The highest BCUT2D eigenvalue weighted by Crippen LogP contribution is 2.42. The highest BCUT2D eigenvalue weighted by atomic mass is 32.1. The van der Waals surface area contributed by atoms with E-state index in [1.807, 2.05) is 0 Å². The summed E-state index contributed by atoms with van der Waals surface area (Å²) in [5.41, 5.74) is 3.76. The van der Waals surface area contributed by atoms with Crippen LogP contribution in [-0.4, -0.2) is 24.2 Å². The molecule has 2 N–H and O–H groups in total. The highest BCUT2D eigenvalue weighted by molar-refractivity contribution is 7.14. The van der Waals surface area contributed by atoms with Crippen LogP contribution in [0.5, 0.6) is 0 Å². The average Bonchev–Trinajstić information content (AvgIpc) is 3.01. The summed E-state index contributed by atoms with van der Waals surface area (Å²) in [4.78, 5) is 13.6. The number of aromatic carboxylic acids is 1. The first kappa shape index (κ1) is 18.7. The minimum Gasteiger partial charge on any atom is -0.477 e. The first-order valence-corrected chi connectivity index (χ1v) is 10.4. The first-order chi connectivity index (χ1) is 11.8. The highest BCUT2D eigenvalue weighted by Gasteiger charge is 2.30. The number of rotatable bonds is 3. The molecule has 1 aromatic heterocycles. The predicted molar refractivity (Wildman–Crippen MR) is 106 cm³/mol. The van der Waals surface area contributed by atoms with E-state index >= 15 is 0 Å². The van der Waals surface area contributed by atoms with E-state index in [1.54, 1.807) is 0 Å². The zero-order valence-corrected chi connectivity index (χ0v) is 16.8. The van der Waals surface area contributed by atoms with E-state index in [-0.39, 0.29) is 5.41 Å². The third-order valence-electron chi connectivity index (χ3n) is 5.76. The summed E-state index contributed by atoms with van der Waals surface area (Å²) in [7, 11) is 0. The van der Waals surface area contributed by atoms with Crippen molar-refractivity contribution in [2.45, 2.75) is 65.2 Å². The van der Waals surface area contributed by atoms with E-state index in [2.05, 4.69) is 39.1 Å². The van der Waals surface area contributed by atoms with Crippen molar-refractivity contribution in [1.29, 1.82) is 0 Å². The van der Waals surface area contributed by atoms with E-state index < -0.39 is 5.97 Å². The number of thiophene rings is 1. The van der Waals surface area contributed by atoms with Crippen molar-refractivity contribution in [1.82, 2.24) is 5.32 Å². The molecule has 25 heavy (non-hydrogen) atoms. The molecule has 138 valence electrons. The predicted octanol–water partition coefficient (Wildman–Crippen LogP) is 5.32. The van der Waals surface area contributed by atoms with E-state index in [0.29, 0.717) is 10.8 Å². The Bertz CT molecular complexity index is 673. The van der Waals surface area contributed by atoms with E-state index in [9.17, 15) is 9.90 Å². The Labute approximate surface area is 155 Å². The van der Waals surface area contributed by atoms with Gasteiger partial charge in [-0.3, -0.25) is 0 Å². The molecule has 1 aromatic rings. The fourth-order valence-electron chi connectivity index (χ4n) is 4.17. The molecule has 0 aromatic carbocycles. The molecule has 0 unspecified atom stereocenters. The standard InChI is InChI=1S/C21H31NO2S/c1-13-5-7-14(8-6-13)15-9-10-22-12-17(15)16-11-18(21(2,3)4)25-19(16)20(23)24/h11,13-14,22H,5-10,12H2,1-4H3,(H,23,24). The van der Waals surface area contributed by atoms with Crippen molar-refractivity contribution >= 4 is 22.9 Å². The second-order valence-corrected chi connectivity index (χ2v) is 9.85. The molecular weight excluding hydrogens is 330 g/mol. The summed E-state index contributed by atoms with van der Waals surface area (Å²) >= 11 is 1.46. The maximum Gasteiger partial charge on any atom is 0.346 e. The maximum absolute atomic E-state index is 11.9. The van der Waals surface area contributed by atoms with Crippen molar-refractivity contribution < 1.29 is 9.90 Å². The molecule has 0 saturated heterocycles. The fourth-order valence-corrected chi connectivity index (χ4v) is 5.25. The zero-order chi connectivity index (χ0) is 18.2. The van der Waals surface area contributed by atoms with Gasteiger partial charge in [-0.25, -0.2) is 4.79 Å². The molecule has 1 aliphatic carbocycles. The van der Waals surface area contributed by atoms with E-state index in [4.69, 9.17) is 0 Å². The third-order valence-corrected chi connectivity index (χ3v) is 7.31. The van der Waals surface area contributed by atoms with Crippen LogP contribution in [-0.2, 0) is 5.41 Å². The van der Waals surface area contributed by atoms with Crippen molar-refractivity contribution in [2.75, 3.05) is 13.1 Å². The summed E-state index contributed by atoms with van der Waals surface area (Å²) in [6.07, 6.45) is 6.19. The average molecular weight is 362 g/mol. The van der Waals surface area contributed by atoms with Crippen LogP contribution in [0.3, 0.4) is 0 Å². The summed E-state index contributed by atoms with van der Waals surface area (Å²) in [5, 5.41) is 13.3. The van der Waals surface area contributed by atoms with Gasteiger partial charge in [-0.15, -0.1) is 11.3 Å². The molecule has 0 atom stereocenters. The lowest BCUT2D eigenvalue weighted by Gasteiger charge is -2.32. The maximum atomic E-state index is 11.9. The lowest BCUT2D eigenvalue weighted by molar-refractivity contribution is 0.0702. The Morgan fingerprint density at radius 1 is 1.24 bits per heavy atom. The number of carboxylic acid groups (broad SMARTS) is 1. The topological polar surface area (TPSA) is 49.3 Å². The van der Waals surface area contributed by atoms with E-state index in [1.165, 1.54) is 48.2 Å². The molecule has 1 aliphatic heterocycles. The van der Waals surface area contributed by atoms with Gasteiger partial charge in [-0.2, -0.15) is 0 Å². The molecule has 4 heteroatoms. The number of hydrogen-bond acceptors (Lipinski definition) is 3. The number of carbonyl (C=O) groups is 1. The summed E-state index contributed by atoms with van der Waals surface area (Å²) in [6.45, 7) is 10.7. The van der Waals surface area contributed by atoms with Gasteiger partial charge in [-0.05, 0) is 54.7 Å². The fraction of sp³-hybridized carbons (Fsp3) is 0.667. The van der Waals surface area contributed by atoms with Crippen molar-refractivity contribution in [3.63, 3.8) is 0 Å². The van der Waals surface area contributed by atoms with Crippen LogP contribution >= 0.6 is 11.3 Å². The molecule has 0 spiro atoms. The monoisotopic (exact) mass is 361 g/mol. The van der Waals surface area contributed by atoms with E-state index in [0.717, 1.165) is 35.9 Å². The molecule has 0 radical (unpaired) electrons. The summed E-state index contributed by atoms with van der Waals surface area (Å²) in [6, 6.07) is 2.15. The minimum atomic E-state index is -0.787. The number of hydrogen-bond donors (Lipinski definition) is 2. The molecule has 1 fully saturated rings. The van der Waals surface area contributed by atoms with Crippen molar-refractivity contribution in [2.24, 2.45) is 11.8 Å². The van der Waals surface area contributed by atoms with Gasteiger partial charge in [0.15, 0.2) is 0 Å². The van der Waals surface area contributed by atoms with Gasteiger partial charge < -0.3 is 10.4 Å². The van der Waals surface area contributed by atoms with Gasteiger partial charge in [0, 0.05) is 17.0 Å². The molecular formula is C21H31NO2S. The van der Waals surface area contributed by atoms with Gasteiger partial charge in [0.2, 0.25) is 0 Å². The van der Waals surface area contributed by atoms with Gasteiger partial charge >= 0.3 is 5.97 Å². The van der Waals surface area contributed by atoms with Gasteiger partial charge in [-0.1, -0.05) is 46.1 Å². The van der Waals surface area contributed by atoms with Crippen molar-refractivity contribution in [3.05, 3.63) is 27.0 Å².